The van der Waals surface area contributed by atoms with Crippen molar-refractivity contribution in [2.75, 3.05) is 0 Å². The average molecular weight is 241 g/mol. The summed E-state index contributed by atoms with van der Waals surface area (Å²) in [6.45, 7) is 1.29. The number of hydrogen-bond acceptors (Lipinski definition) is 5. The van der Waals surface area contributed by atoms with E-state index in [1.807, 2.05) is 12.1 Å². The Morgan fingerprint density at radius 2 is 1.61 bits per heavy atom. The number of pyridine rings is 2. The van der Waals surface area contributed by atoms with Crippen LogP contribution in [0.4, 0.5) is 0 Å². The molecule has 0 unspecified atom stereocenters. The van der Waals surface area contributed by atoms with Gasteiger partial charge in [-0.15, -0.1) is 0 Å². The van der Waals surface area contributed by atoms with Crippen LogP contribution in [0.3, 0.4) is 0 Å². The molecule has 5 nitrogen and oxygen atoms in total. The van der Waals surface area contributed by atoms with Gasteiger partial charge in [-0.25, -0.2) is 4.79 Å². The van der Waals surface area contributed by atoms with E-state index in [4.69, 9.17) is 0 Å². The molecule has 5 heteroatoms. The van der Waals surface area contributed by atoms with E-state index in [-0.39, 0.29) is 0 Å². The highest BCUT2D eigenvalue weighted by Crippen LogP contribution is 2.06. The maximum atomic E-state index is 10.8. The van der Waals surface area contributed by atoms with E-state index in [0.29, 0.717) is 17.1 Å². The first-order chi connectivity index (χ1) is 8.77. The molecule has 0 fully saturated rings. The normalized spacial score (nSPS) is 9.61. The predicted molar refractivity (Wildman–Crippen MR) is 65.9 cm³/mol. The summed E-state index contributed by atoms with van der Waals surface area (Å²) in [5.41, 5.74) is 1.61. The quantitative estimate of drug-likeness (QED) is 0.467. The minimum absolute atomic E-state index is 0.423. The van der Waals surface area contributed by atoms with Gasteiger partial charge in [-0.05, 0) is 24.3 Å². The van der Waals surface area contributed by atoms with Crippen LogP contribution in [0.1, 0.15) is 18.3 Å². The van der Waals surface area contributed by atoms with Gasteiger partial charge in [-0.1, -0.05) is 17.3 Å². The van der Waals surface area contributed by atoms with Crippen molar-refractivity contribution in [3.8, 4) is 0 Å². The molecule has 0 radical (unpaired) electrons. The highest BCUT2D eigenvalue weighted by molar-refractivity contribution is 6.10. The lowest BCUT2D eigenvalue weighted by molar-refractivity contribution is -0.140. The van der Waals surface area contributed by atoms with Crippen molar-refractivity contribution in [2.24, 2.45) is 5.16 Å². The van der Waals surface area contributed by atoms with E-state index in [1.54, 1.807) is 36.7 Å². The van der Waals surface area contributed by atoms with Gasteiger partial charge in [-0.2, -0.15) is 0 Å². The highest BCUT2D eigenvalue weighted by Gasteiger charge is 2.10. The third kappa shape index (κ3) is 2.98. The standard InChI is InChI=1S/C13H11N3O2/c1-10(17)18-16-13(11-6-2-4-8-14-11)12-7-3-5-9-15-12/h2-9H,1H3. The maximum absolute atomic E-state index is 10.8. The monoisotopic (exact) mass is 241 g/mol. The van der Waals surface area contributed by atoms with Gasteiger partial charge in [0.15, 0.2) is 5.71 Å². The van der Waals surface area contributed by atoms with Crippen molar-refractivity contribution in [3.05, 3.63) is 60.2 Å². The molecule has 0 atom stereocenters. The zero-order valence-electron chi connectivity index (χ0n) is 9.78. The molecule has 90 valence electrons. The van der Waals surface area contributed by atoms with E-state index < -0.39 is 5.97 Å². The van der Waals surface area contributed by atoms with Gasteiger partial charge < -0.3 is 4.84 Å². The summed E-state index contributed by atoms with van der Waals surface area (Å²) in [6.07, 6.45) is 3.28. The van der Waals surface area contributed by atoms with Gasteiger partial charge in [0.05, 0.1) is 11.4 Å². The number of rotatable bonds is 3. The summed E-state index contributed by atoms with van der Waals surface area (Å²) >= 11 is 0. The Hall–Kier alpha value is -2.56. The molecule has 0 aliphatic rings. The molecule has 0 saturated carbocycles. The smallest absolute Gasteiger partial charge is 0.318 e. The van der Waals surface area contributed by atoms with E-state index in [2.05, 4.69) is 20.0 Å². The van der Waals surface area contributed by atoms with Crippen LogP contribution >= 0.6 is 0 Å². The van der Waals surface area contributed by atoms with Crippen molar-refractivity contribution < 1.29 is 9.63 Å². The fraction of sp³-hybridized carbons (Fsp3) is 0.0769. The molecular formula is C13H11N3O2. The molecule has 0 aromatic carbocycles. The van der Waals surface area contributed by atoms with Gasteiger partial charge >= 0.3 is 5.97 Å². The number of carbonyl (C=O) groups is 1. The van der Waals surface area contributed by atoms with Crippen LogP contribution in [0, 0.1) is 0 Å². The van der Waals surface area contributed by atoms with Gasteiger partial charge in [0.1, 0.15) is 0 Å². The summed E-state index contributed by atoms with van der Waals surface area (Å²) in [4.78, 5) is 23.9. The first kappa shape index (κ1) is 11.9. The summed E-state index contributed by atoms with van der Waals surface area (Å²) in [5.74, 6) is -0.487. The first-order valence-electron chi connectivity index (χ1n) is 5.36. The van der Waals surface area contributed by atoms with E-state index in [1.165, 1.54) is 6.92 Å². The lowest BCUT2D eigenvalue weighted by Gasteiger charge is -2.03. The lowest BCUT2D eigenvalue weighted by Crippen LogP contribution is -2.09. The molecule has 0 N–H and O–H groups in total. The summed E-state index contributed by atoms with van der Waals surface area (Å²) in [7, 11) is 0. The molecule has 0 saturated heterocycles. The van der Waals surface area contributed by atoms with E-state index >= 15 is 0 Å². The van der Waals surface area contributed by atoms with Crippen LogP contribution in [-0.4, -0.2) is 21.6 Å². The fourth-order valence-corrected chi connectivity index (χ4v) is 1.34. The van der Waals surface area contributed by atoms with E-state index in [9.17, 15) is 4.79 Å². The highest BCUT2D eigenvalue weighted by atomic mass is 16.7. The van der Waals surface area contributed by atoms with E-state index in [0.717, 1.165) is 0 Å². The van der Waals surface area contributed by atoms with Crippen molar-refractivity contribution in [2.45, 2.75) is 6.92 Å². The third-order valence-corrected chi connectivity index (χ3v) is 2.08. The minimum Gasteiger partial charge on any atom is -0.318 e. The Morgan fingerprint density at radius 1 is 1.06 bits per heavy atom. The van der Waals surface area contributed by atoms with Gasteiger partial charge in [0, 0.05) is 19.3 Å². The predicted octanol–water partition coefficient (Wildman–Crippen LogP) is 1.79. The molecule has 0 aliphatic heterocycles. The zero-order chi connectivity index (χ0) is 12.8. The number of carbonyl (C=O) groups excluding carboxylic acids is 1. The summed E-state index contributed by atoms with van der Waals surface area (Å²) < 4.78 is 0. The molecular weight excluding hydrogens is 230 g/mol. The Morgan fingerprint density at radius 3 is 2.00 bits per heavy atom. The molecule has 0 aliphatic carbocycles. The number of aromatic nitrogens is 2. The summed E-state index contributed by atoms with van der Waals surface area (Å²) in [5, 5.41) is 3.81. The van der Waals surface area contributed by atoms with Crippen LogP contribution in [0.15, 0.2) is 53.9 Å². The van der Waals surface area contributed by atoms with Gasteiger partial charge in [-0.3, -0.25) is 9.97 Å². The molecule has 0 amide bonds. The number of nitrogens with zero attached hydrogens (tertiary/aromatic N) is 3. The van der Waals surface area contributed by atoms with Crippen LogP contribution in [0.25, 0.3) is 0 Å². The Bertz CT molecular complexity index is 511. The third-order valence-electron chi connectivity index (χ3n) is 2.08. The number of hydrogen-bond donors (Lipinski definition) is 0. The van der Waals surface area contributed by atoms with Crippen molar-refractivity contribution in [1.29, 1.82) is 0 Å². The molecule has 0 bridgehead atoms. The van der Waals surface area contributed by atoms with Crippen molar-refractivity contribution in [1.82, 2.24) is 9.97 Å². The number of oxime groups is 1. The fourth-order valence-electron chi connectivity index (χ4n) is 1.34. The summed E-state index contributed by atoms with van der Waals surface area (Å²) in [6, 6.07) is 10.8. The lowest BCUT2D eigenvalue weighted by atomic mass is 10.1. The molecule has 2 aromatic rings. The molecule has 18 heavy (non-hydrogen) atoms. The second-order valence-corrected chi connectivity index (χ2v) is 3.45. The second-order valence-electron chi connectivity index (χ2n) is 3.45. The zero-order valence-corrected chi connectivity index (χ0v) is 9.78. The van der Waals surface area contributed by atoms with Crippen LogP contribution in [0.5, 0.6) is 0 Å². The Kier molecular flexibility index (Phi) is 3.76. The van der Waals surface area contributed by atoms with Crippen molar-refractivity contribution >= 4 is 11.7 Å². The van der Waals surface area contributed by atoms with Crippen LogP contribution < -0.4 is 0 Å². The molecule has 2 rings (SSSR count). The Labute approximate surface area is 104 Å². The average Bonchev–Trinajstić information content (AvgIpc) is 2.41. The molecule has 0 spiro atoms. The van der Waals surface area contributed by atoms with Gasteiger partial charge in [0.2, 0.25) is 0 Å². The largest absolute Gasteiger partial charge is 0.332 e. The Balaban J connectivity index is 2.42. The molecule has 2 heterocycles. The second kappa shape index (κ2) is 5.67. The van der Waals surface area contributed by atoms with Crippen molar-refractivity contribution in [3.63, 3.8) is 0 Å². The SMILES string of the molecule is CC(=O)ON=C(c1ccccn1)c1ccccn1. The first-order valence-corrected chi connectivity index (χ1v) is 5.36. The van der Waals surface area contributed by atoms with Gasteiger partial charge in [0.25, 0.3) is 0 Å². The maximum Gasteiger partial charge on any atom is 0.332 e. The van der Waals surface area contributed by atoms with Crippen LogP contribution in [-0.2, 0) is 9.63 Å². The minimum atomic E-state index is -0.487. The molecule has 2 aromatic heterocycles. The topological polar surface area (TPSA) is 64.4 Å². The van der Waals surface area contributed by atoms with Crippen LogP contribution in [0.2, 0.25) is 0 Å².